The second-order valence-electron chi connectivity index (χ2n) is 6.83. The second kappa shape index (κ2) is 9.69. The van der Waals surface area contributed by atoms with Crippen LogP contribution < -0.4 is 21.1 Å². The molecule has 0 fully saturated rings. The third kappa shape index (κ3) is 4.91. The number of carbonyl (C=O) groups excluding carboxylic acids is 1. The van der Waals surface area contributed by atoms with Crippen molar-refractivity contribution in [2.75, 3.05) is 25.0 Å². The first-order valence-corrected chi connectivity index (χ1v) is 9.82. The number of alkyl halides is 2. The van der Waals surface area contributed by atoms with Crippen molar-refractivity contribution < 1.29 is 13.6 Å². The minimum Gasteiger partial charge on any atom is -0.384 e. The number of halogens is 3. The van der Waals surface area contributed by atoms with Gasteiger partial charge in [0.15, 0.2) is 0 Å². The molecule has 3 rings (SSSR count). The number of nitrogens with one attached hydrogen (secondary N) is 4. The topological polar surface area (TPSA) is 114 Å². The summed E-state index contributed by atoms with van der Waals surface area (Å²) in [5.41, 5.74) is 0.927. The first-order chi connectivity index (χ1) is 14.8. The van der Waals surface area contributed by atoms with Gasteiger partial charge in [0.25, 0.3) is 17.9 Å². The van der Waals surface area contributed by atoms with E-state index in [1.54, 1.807) is 23.1 Å². The Labute approximate surface area is 181 Å². The minimum atomic E-state index is -2.61. The zero-order valence-corrected chi connectivity index (χ0v) is 17.4. The molecule has 11 heteroatoms. The maximum absolute atomic E-state index is 13.3. The van der Waals surface area contributed by atoms with E-state index < -0.39 is 17.9 Å². The van der Waals surface area contributed by atoms with Gasteiger partial charge < -0.3 is 15.5 Å². The molecule has 0 atom stereocenters. The number of hydrogen-bond acceptors (Lipinski definition) is 6. The predicted molar refractivity (Wildman–Crippen MR) is 114 cm³/mol. The van der Waals surface area contributed by atoms with Crippen LogP contribution in [-0.4, -0.2) is 42.0 Å². The van der Waals surface area contributed by atoms with Gasteiger partial charge in [-0.1, -0.05) is 35.9 Å². The maximum atomic E-state index is 13.3. The van der Waals surface area contributed by atoms with Gasteiger partial charge in [-0.15, -0.1) is 0 Å². The largest absolute Gasteiger partial charge is 0.384 e. The maximum Gasteiger partial charge on any atom is 0.285 e. The summed E-state index contributed by atoms with van der Waals surface area (Å²) in [5, 5.41) is 19.8. The Balaban J connectivity index is 1.91. The predicted octanol–water partition coefficient (Wildman–Crippen LogP) is 2.38. The highest BCUT2D eigenvalue weighted by Gasteiger charge is 2.27. The van der Waals surface area contributed by atoms with E-state index in [1.807, 2.05) is 0 Å². The molecule has 0 spiro atoms. The van der Waals surface area contributed by atoms with Crippen LogP contribution in [0.3, 0.4) is 0 Å². The molecule has 8 nitrogen and oxygen atoms in total. The SMILES string of the molecule is CNC(=O)C(=N)C1=C(NCc2ccccc2C(F)F)CCN(c2cn[nH]c(=O)c2Cl)C1. The molecule has 1 aromatic carbocycles. The molecule has 164 valence electrons. The molecule has 0 saturated heterocycles. The fraction of sp³-hybridized carbons (Fsp3) is 0.300. The number of amides is 1. The number of aromatic amines is 1. The molecule has 2 heterocycles. The normalized spacial score (nSPS) is 14.0. The zero-order chi connectivity index (χ0) is 22.5. The second-order valence-corrected chi connectivity index (χ2v) is 7.21. The lowest BCUT2D eigenvalue weighted by molar-refractivity contribution is -0.114. The van der Waals surface area contributed by atoms with Crippen molar-refractivity contribution in [1.82, 2.24) is 20.8 Å². The third-order valence-electron chi connectivity index (χ3n) is 5.00. The first kappa shape index (κ1) is 22.4. The number of nitrogens with zero attached hydrogens (tertiary/aromatic N) is 2. The van der Waals surface area contributed by atoms with Crippen LogP contribution in [0.25, 0.3) is 0 Å². The third-order valence-corrected chi connectivity index (χ3v) is 5.37. The Hall–Kier alpha value is -3.27. The molecule has 4 N–H and O–H groups in total. The van der Waals surface area contributed by atoms with E-state index in [0.29, 0.717) is 35.5 Å². The lowest BCUT2D eigenvalue weighted by Crippen LogP contribution is -2.41. The van der Waals surface area contributed by atoms with Crippen LogP contribution in [0.2, 0.25) is 5.02 Å². The van der Waals surface area contributed by atoms with Crippen molar-refractivity contribution in [1.29, 1.82) is 5.41 Å². The first-order valence-electron chi connectivity index (χ1n) is 9.44. The van der Waals surface area contributed by atoms with Crippen LogP contribution in [0, 0.1) is 5.41 Å². The van der Waals surface area contributed by atoms with Gasteiger partial charge in [0.2, 0.25) is 0 Å². The average molecular weight is 451 g/mol. The highest BCUT2D eigenvalue weighted by Crippen LogP contribution is 2.28. The summed E-state index contributed by atoms with van der Waals surface area (Å²) in [4.78, 5) is 25.7. The molecule has 1 aromatic heterocycles. The molecule has 0 saturated carbocycles. The number of H-pyrrole nitrogens is 1. The molecular weight excluding hydrogens is 430 g/mol. The van der Waals surface area contributed by atoms with Crippen molar-refractivity contribution in [3.8, 4) is 0 Å². The highest BCUT2D eigenvalue weighted by atomic mass is 35.5. The summed E-state index contributed by atoms with van der Waals surface area (Å²) >= 11 is 6.11. The van der Waals surface area contributed by atoms with Gasteiger partial charge in [0, 0.05) is 49.9 Å². The molecule has 1 aliphatic heterocycles. The number of anilines is 1. The van der Waals surface area contributed by atoms with E-state index in [4.69, 9.17) is 17.0 Å². The van der Waals surface area contributed by atoms with Crippen LogP contribution in [0.15, 0.2) is 46.5 Å². The van der Waals surface area contributed by atoms with Crippen molar-refractivity contribution in [3.05, 3.63) is 68.2 Å². The Kier molecular flexibility index (Phi) is 7.01. The lowest BCUT2D eigenvalue weighted by atomic mass is 9.99. The summed E-state index contributed by atoms with van der Waals surface area (Å²) < 4.78 is 26.6. The van der Waals surface area contributed by atoms with E-state index in [-0.39, 0.29) is 29.4 Å². The number of benzene rings is 1. The molecule has 1 aliphatic rings. The lowest BCUT2D eigenvalue weighted by Gasteiger charge is -2.33. The highest BCUT2D eigenvalue weighted by molar-refractivity contribution is 6.44. The van der Waals surface area contributed by atoms with E-state index in [9.17, 15) is 18.4 Å². The van der Waals surface area contributed by atoms with Crippen molar-refractivity contribution in [2.45, 2.75) is 19.4 Å². The molecule has 0 unspecified atom stereocenters. The molecule has 1 amide bonds. The van der Waals surface area contributed by atoms with Crippen LogP contribution >= 0.6 is 11.6 Å². The van der Waals surface area contributed by atoms with Crippen molar-refractivity contribution >= 4 is 28.9 Å². The van der Waals surface area contributed by atoms with Gasteiger partial charge in [-0.3, -0.25) is 15.0 Å². The molecule has 2 aromatic rings. The van der Waals surface area contributed by atoms with Crippen LogP contribution in [-0.2, 0) is 11.3 Å². The number of rotatable bonds is 7. The Bertz CT molecular complexity index is 1090. The van der Waals surface area contributed by atoms with Gasteiger partial charge in [0.05, 0.1) is 11.9 Å². The van der Waals surface area contributed by atoms with E-state index >= 15 is 0 Å². The van der Waals surface area contributed by atoms with E-state index in [1.165, 1.54) is 19.3 Å². The van der Waals surface area contributed by atoms with Gasteiger partial charge in [0.1, 0.15) is 10.7 Å². The summed E-state index contributed by atoms with van der Waals surface area (Å²) in [6, 6.07) is 6.20. The zero-order valence-electron chi connectivity index (χ0n) is 16.6. The van der Waals surface area contributed by atoms with Crippen molar-refractivity contribution in [3.63, 3.8) is 0 Å². The van der Waals surface area contributed by atoms with Crippen LogP contribution in [0.4, 0.5) is 14.5 Å². The molecule has 0 radical (unpaired) electrons. The number of hydrogen-bond donors (Lipinski definition) is 4. The van der Waals surface area contributed by atoms with Gasteiger partial charge in [-0.2, -0.15) is 5.10 Å². The molecule has 0 bridgehead atoms. The van der Waals surface area contributed by atoms with Gasteiger partial charge in [-0.05, 0) is 5.56 Å². The van der Waals surface area contributed by atoms with E-state index in [0.717, 1.165) is 0 Å². The summed E-state index contributed by atoms with van der Waals surface area (Å²) in [7, 11) is 1.42. The standard InChI is InChI=1S/C20H21ClF2N6O2/c1-25-20(31)17(24)13-10-29(15-9-27-28-19(30)16(15)21)7-6-14(13)26-8-11-4-2-3-5-12(11)18(22)23/h2-5,9,18,24,26H,6-8,10H2,1H3,(H,25,31)(H,28,30). The number of aromatic nitrogens is 2. The molecule has 31 heavy (non-hydrogen) atoms. The molecule has 0 aliphatic carbocycles. The average Bonchev–Trinajstić information content (AvgIpc) is 2.78. The summed E-state index contributed by atoms with van der Waals surface area (Å²) in [6.07, 6.45) is -0.820. The van der Waals surface area contributed by atoms with Gasteiger partial charge in [-0.25, -0.2) is 13.9 Å². The fourth-order valence-corrected chi connectivity index (χ4v) is 3.57. The number of carbonyl (C=O) groups is 1. The monoisotopic (exact) mass is 450 g/mol. The van der Waals surface area contributed by atoms with Gasteiger partial charge >= 0.3 is 0 Å². The Morgan fingerprint density at radius 2 is 2.13 bits per heavy atom. The van der Waals surface area contributed by atoms with E-state index in [2.05, 4.69) is 20.8 Å². The summed E-state index contributed by atoms with van der Waals surface area (Å²) in [5.74, 6) is -0.584. The smallest absolute Gasteiger partial charge is 0.285 e. The Morgan fingerprint density at radius 1 is 1.39 bits per heavy atom. The minimum absolute atomic E-state index is 0.0388. The van der Waals surface area contributed by atoms with Crippen LogP contribution in [0.5, 0.6) is 0 Å². The van der Waals surface area contributed by atoms with Crippen molar-refractivity contribution in [2.24, 2.45) is 0 Å². The summed E-state index contributed by atoms with van der Waals surface area (Å²) in [6.45, 7) is 0.665. The Morgan fingerprint density at radius 3 is 2.84 bits per heavy atom. The molecular formula is C20H21ClF2N6O2. The quantitative estimate of drug-likeness (QED) is 0.484. The fourth-order valence-electron chi connectivity index (χ4n) is 3.36. The van der Waals surface area contributed by atoms with Crippen LogP contribution in [0.1, 0.15) is 24.0 Å².